The summed E-state index contributed by atoms with van der Waals surface area (Å²) in [6, 6.07) is 12.4. The predicted octanol–water partition coefficient (Wildman–Crippen LogP) is 3.46. The van der Waals surface area contributed by atoms with E-state index in [9.17, 15) is 18.5 Å². The van der Waals surface area contributed by atoms with E-state index in [1.807, 2.05) is 0 Å². The Morgan fingerprint density at radius 3 is 1.66 bits per heavy atom. The number of benzene rings is 3. The standard InChI is InChI=1S/C24H26N2O8S/c1-31-17-7-5-15(22(13-17)33-3)11-19-20(12-16-6-8-18(32-2)14-23(16)34-4)24(35(25,29)30)10-9-21(19)26(27)28/h5-10,13-14H,11-12H2,1-4H3,(H2,25,29,30). The molecule has 11 heteroatoms. The van der Waals surface area contributed by atoms with Gasteiger partial charge in [0.25, 0.3) is 5.69 Å². The second-order valence-electron chi connectivity index (χ2n) is 7.55. The molecular weight excluding hydrogens is 476 g/mol. The molecule has 0 aromatic heterocycles. The SMILES string of the molecule is COc1ccc(Cc2c([N+](=O)[O-])ccc(S(N)(=O)=O)c2Cc2ccc(OC)cc2OC)c(OC)c1. The summed E-state index contributed by atoms with van der Waals surface area (Å²) in [7, 11) is 1.75. The molecule has 3 rings (SSSR count). The lowest BCUT2D eigenvalue weighted by atomic mass is 9.93. The molecule has 0 aliphatic carbocycles. The number of primary sulfonamides is 1. The Balaban J connectivity index is 2.27. The number of methoxy groups -OCH3 is 4. The van der Waals surface area contributed by atoms with E-state index in [4.69, 9.17) is 24.1 Å². The first-order chi connectivity index (χ1) is 16.6. The summed E-state index contributed by atoms with van der Waals surface area (Å²) in [6.45, 7) is 0. The van der Waals surface area contributed by atoms with Crippen LogP contribution in [-0.4, -0.2) is 41.8 Å². The average Bonchev–Trinajstić information content (AvgIpc) is 2.84. The fourth-order valence-electron chi connectivity index (χ4n) is 3.86. The van der Waals surface area contributed by atoms with E-state index in [-0.39, 0.29) is 34.6 Å². The monoisotopic (exact) mass is 502 g/mol. The molecule has 0 amide bonds. The van der Waals surface area contributed by atoms with Crippen LogP contribution in [0.15, 0.2) is 53.4 Å². The van der Waals surface area contributed by atoms with Crippen molar-refractivity contribution in [2.24, 2.45) is 5.14 Å². The van der Waals surface area contributed by atoms with Crippen LogP contribution >= 0.6 is 0 Å². The largest absolute Gasteiger partial charge is 0.497 e. The van der Waals surface area contributed by atoms with Gasteiger partial charge in [0.15, 0.2) is 0 Å². The molecular formula is C24H26N2O8S. The highest BCUT2D eigenvalue weighted by Gasteiger charge is 2.27. The number of rotatable bonds is 10. The molecule has 2 N–H and O–H groups in total. The zero-order chi connectivity index (χ0) is 25.8. The molecule has 0 radical (unpaired) electrons. The third-order valence-corrected chi connectivity index (χ3v) is 6.59. The van der Waals surface area contributed by atoms with Crippen molar-refractivity contribution in [3.63, 3.8) is 0 Å². The third kappa shape index (κ3) is 5.64. The van der Waals surface area contributed by atoms with E-state index >= 15 is 0 Å². The van der Waals surface area contributed by atoms with Gasteiger partial charge < -0.3 is 18.9 Å². The van der Waals surface area contributed by atoms with Crippen molar-refractivity contribution < 1.29 is 32.3 Å². The van der Waals surface area contributed by atoms with Crippen molar-refractivity contribution in [2.45, 2.75) is 17.7 Å². The highest BCUT2D eigenvalue weighted by molar-refractivity contribution is 7.89. The van der Waals surface area contributed by atoms with Crippen molar-refractivity contribution in [3.8, 4) is 23.0 Å². The summed E-state index contributed by atoms with van der Waals surface area (Å²) in [5.41, 5.74) is 1.36. The van der Waals surface area contributed by atoms with Crippen LogP contribution in [0.1, 0.15) is 22.3 Å². The molecule has 0 aliphatic rings. The Morgan fingerprint density at radius 1 is 0.771 bits per heavy atom. The highest BCUT2D eigenvalue weighted by Crippen LogP contribution is 2.36. The maximum Gasteiger partial charge on any atom is 0.273 e. The number of ether oxygens (including phenoxy) is 4. The lowest BCUT2D eigenvalue weighted by Gasteiger charge is -2.18. The molecule has 0 saturated heterocycles. The van der Waals surface area contributed by atoms with Gasteiger partial charge in [-0.1, -0.05) is 12.1 Å². The van der Waals surface area contributed by atoms with Gasteiger partial charge >= 0.3 is 0 Å². The second-order valence-corrected chi connectivity index (χ2v) is 9.08. The Kier molecular flexibility index (Phi) is 7.82. The fourth-order valence-corrected chi connectivity index (χ4v) is 4.66. The molecule has 0 fully saturated rings. The van der Waals surface area contributed by atoms with E-state index in [2.05, 4.69) is 0 Å². The van der Waals surface area contributed by atoms with Crippen LogP contribution in [0.25, 0.3) is 0 Å². The van der Waals surface area contributed by atoms with Crippen molar-refractivity contribution in [3.05, 3.63) is 80.9 Å². The minimum absolute atomic E-state index is 0.00835. The number of hydrogen-bond acceptors (Lipinski definition) is 8. The maximum atomic E-state index is 12.5. The van der Waals surface area contributed by atoms with Crippen LogP contribution in [0.2, 0.25) is 0 Å². The minimum Gasteiger partial charge on any atom is -0.497 e. The Hall–Kier alpha value is -3.83. The smallest absolute Gasteiger partial charge is 0.273 e. The quantitative estimate of drug-likeness (QED) is 0.328. The maximum absolute atomic E-state index is 12.5. The van der Waals surface area contributed by atoms with Crippen LogP contribution in [0.3, 0.4) is 0 Å². The van der Waals surface area contributed by atoms with E-state index in [1.54, 1.807) is 36.4 Å². The van der Waals surface area contributed by atoms with Gasteiger partial charge in [-0.3, -0.25) is 10.1 Å². The van der Waals surface area contributed by atoms with Crippen LogP contribution < -0.4 is 24.1 Å². The summed E-state index contributed by atoms with van der Waals surface area (Å²) in [5, 5.41) is 17.5. The zero-order valence-corrected chi connectivity index (χ0v) is 20.5. The van der Waals surface area contributed by atoms with Gasteiger partial charge in [0.1, 0.15) is 23.0 Å². The molecule has 0 unspecified atom stereocenters. The van der Waals surface area contributed by atoms with Crippen LogP contribution in [0, 0.1) is 10.1 Å². The van der Waals surface area contributed by atoms with Crippen molar-refractivity contribution in [1.29, 1.82) is 0 Å². The number of nitro groups is 1. The normalized spacial score (nSPS) is 11.1. The molecule has 35 heavy (non-hydrogen) atoms. The summed E-state index contributed by atoms with van der Waals surface area (Å²) < 4.78 is 46.4. The first-order valence-electron chi connectivity index (χ1n) is 10.4. The molecule has 3 aromatic carbocycles. The summed E-state index contributed by atoms with van der Waals surface area (Å²) >= 11 is 0. The Bertz CT molecular complexity index is 1360. The van der Waals surface area contributed by atoms with Crippen LogP contribution in [0.4, 0.5) is 5.69 Å². The van der Waals surface area contributed by atoms with Gasteiger partial charge in [0, 0.05) is 36.6 Å². The van der Waals surface area contributed by atoms with Crippen molar-refractivity contribution in [2.75, 3.05) is 28.4 Å². The van der Waals surface area contributed by atoms with E-state index < -0.39 is 14.9 Å². The summed E-state index contributed by atoms with van der Waals surface area (Å²) in [5.74, 6) is 1.96. The average molecular weight is 503 g/mol. The molecule has 10 nitrogen and oxygen atoms in total. The lowest BCUT2D eigenvalue weighted by molar-refractivity contribution is -0.385. The molecule has 0 heterocycles. The summed E-state index contributed by atoms with van der Waals surface area (Å²) in [4.78, 5) is 11.2. The van der Waals surface area contributed by atoms with Gasteiger partial charge in [-0.05, 0) is 34.9 Å². The van der Waals surface area contributed by atoms with Crippen LogP contribution in [-0.2, 0) is 22.9 Å². The topological polar surface area (TPSA) is 140 Å². The molecule has 0 saturated carbocycles. The molecule has 0 atom stereocenters. The first-order valence-corrected chi connectivity index (χ1v) is 11.9. The Morgan fingerprint density at radius 2 is 1.26 bits per heavy atom. The van der Waals surface area contributed by atoms with E-state index in [0.29, 0.717) is 34.1 Å². The van der Waals surface area contributed by atoms with Gasteiger partial charge in [-0.25, -0.2) is 13.6 Å². The molecule has 0 aliphatic heterocycles. The Labute approximate surface area is 203 Å². The number of nitrogens with zero attached hydrogens (tertiary/aromatic N) is 1. The number of hydrogen-bond donors (Lipinski definition) is 1. The van der Waals surface area contributed by atoms with Gasteiger partial charge in [0.05, 0.1) is 38.3 Å². The second kappa shape index (κ2) is 10.6. The summed E-state index contributed by atoms with van der Waals surface area (Å²) in [6.07, 6.45) is 0.0229. The zero-order valence-electron chi connectivity index (χ0n) is 19.7. The molecule has 0 bridgehead atoms. The third-order valence-electron chi connectivity index (χ3n) is 5.59. The van der Waals surface area contributed by atoms with Gasteiger partial charge in [-0.2, -0.15) is 0 Å². The van der Waals surface area contributed by atoms with Crippen molar-refractivity contribution >= 4 is 15.7 Å². The van der Waals surface area contributed by atoms with Gasteiger partial charge in [0.2, 0.25) is 10.0 Å². The van der Waals surface area contributed by atoms with E-state index in [1.165, 1.54) is 28.4 Å². The lowest BCUT2D eigenvalue weighted by Crippen LogP contribution is -2.17. The van der Waals surface area contributed by atoms with Gasteiger partial charge in [-0.15, -0.1) is 0 Å². The van der Waals surface area contributed by atoms with E-state index in [0.717, 1.165) is 12.1 Å². The molecule has 0 spiro atoms. The number of nitro benzene ring substituents is 1. The van der Waals surface area contributed by atoms with Crippen molar-refractivity contribution in [1.82, 2.24) is 0 Å². The minimum atomic E-state index is -4.21. The first kappa shape index (κ1) is 25.8. The highest BCUT2D eigenvalue weighted by atomic mass is 32.2. The predicted molar refractivity (Wildman–Crippen MR) is 129 cm³/mol. The number of sulfonamides is 1. The number of nitrogens with two attached hydrogens (primary N) is 1. The van der Waals surface area contributed by atoms with Crippen LogP contribution in [0.5, 0.6) is 23.0 Å². The molecule has 186 valence electrons. The molecule has 3 aromatic rings. The fraction of sp³-hybridized carbons (Fsp3) is 0.250.